The van der Waals surface area contributed by atoms with Gasteiger partial charge in [0, 0.05) is 16.1 Å². The van der Waals surface area contributed by atoms with Crippen molar-refractivity contribution in [3.63, 3.8) is 0 Å². The Morgan fingerprint density at radius 2 is 1.79 bits per heavy atom. The van der Waals surface area contributed by atoms with Crippen molar-refractivity contribution in [2.75, 3.05) is 5.75 Å². The lowest BCUT2D eigenvalue weighted by atomic mass is 9.95. The van der Waals surface area contributed by atoms with Gasteiger partial charge in [-0.05, 0) is 44.4 Å². The van der Waals surface area contributed by atoms with Crippen LogP contribution in [-0.2, 0) is 4.79 Å². The Morgan fingerprint density at radius 1 is 1.09 bits per heavy atom. The van der Waals surface area contributed by atoms with Gasteiger partial charge in [-0.1, -0.05) is 88.9 Å². The van der Waals surface area contributed by atoms with Gasteiger partial charge in [0.2, 0.25) is 0 Å². The van der Waals surface area contributed by atoms with E-state index in [0.717, 1.165) is 45.1 Å². The number of aryl methyl sites for hydroxylation is 1. The molecule has 172 valence electrons. The molecule has 0 unspecified atom stereocenters. The molecular weight excluding hydrogens is 498 g/mol. The quantitative estimate of drug-likeness (QED) is 0.228. The third-order valence-corrected chi connectivity index (χ3v) is 7.33. The minimum absolute atomic E-state index is 0.161. The van der Waals surface area contributed by atoms with Crippen molar-refractivity contribution in [1.29, 1.82) is 0 Å². The number of aromatic nitrogens is 3. The maximum atomic E-state index is 12.5. The molecule has 1 amide bonds. The highest BCUT2D eigenvalue weighted by atomic mass is 79.9. The van der Waals surface area contributed by atoms with Gasteiger partial charge < -0.3 is 0 Å². The summed E-state index contributed by atoms with van der Waals surface area (Å²) in [6.45, 7) is 3.96. The Morgan fingerprint density at radius 3 is 2.48 bits per heavy atom. The molecule has 1 aromatic heterocycles. The zero-order valence-corrected chi connectivity index (χ0v) is 21.3. The van der Waals surface area contributed by atoms with Crippen molar-refractivity contribution in [2.24, 2.45) is 5.10 Å². The highest BCUT2D eigenvalue weighted by Gasteiger charge is 2.24. The van der Waals surface area contributed by atoms with Crippen LogP contribution in [0.4, 0.5) is 0 Å². The van der Waals surface area contributed by atoms with Crippen molar-refractivity contribution in [3.8, 4) is 11.4 Å². The fourth-order valence-corrected chi connectivity index (χ4v) is 5.07. The van der Waals surface area contributed by atoms with E-state index in [0.29, 0.717) is 6.04 Å². The van der Waals surface area contributed by atoms with Gasteiger partial charge in [-0.3, -0.25) is 9.36 Å². The predicted molar refractivity (Wildman–Crippen MR) is 138 cm³/mol. The monoisotopic (exact) mass is 525 g/mol. The average Bonchev–Trinajstić information content (AvgIpc) is 3.26. The highest BCUT2D eigenvalue weighted by Crippen LogP contribution is 2.35. The second-order valence-electron chi connectivity index (χ2n) is 8.36. The Labute approximate surface area is 207 Å². The topological polar surface area (TPSA) is 72.2 Å². The van der Waals surface area contributed by atoms with Gasteiger partial charge in [-0.2, -0.15) is 5.10 Å². The molecule has 3 aromatic rings. The fraction of sp³-hybridized carbons (Fsp3) is 0.360. The largest absolute Gasteiger partial charge is 0.299 e. The number of hydrogen-bond donors (Lipinski definition) is 1. The number of carbonyl (C=O) groups is 1. The summed E-state index contributed by atoms with van der Waals surface area (Å²) in [5, 5.41) is 14.0. The van der Waals surface area contributed by atoms with Crippen molar-refractivity contribution in [1.82, 2.24) is 20.2 Å². The Hall–Kier alpha value is -2.45. The summed E-state index contributed by atoms with van der Waals surface area (Å²) in [6, 6.07) is 16.6. The van der Waals surface area contributed by atoms with Crippen LogP contribution in [0.2, 0.25) is 0 Å². The summed E-state index contributed by atoms with van der Waals surface area (Å²) in [7, 11) is 0. The zero-order valence-electron chi connectivity index (χ0n) is 18.9. The third-order valence-electron chi connectivity index (χ3n) is 5.86. The molecule has 1 aliphatic rings. The van der Waals surface area contributed by atoms with Crippen LogP contribution in [0.3, 0.4) is 0 Å². The minimum atomic E-state index is -0.161. The molecule has 33 heavy (non-hydrogen) atoms. The second-order valence-corrected chi connectivity index (χ2v) is 10.2. The summed E-state index contributed by atoms with van der Waals surface area (Å²) in [6.07, 6.45) is 5.94. The normalized spacial score (nSPS) is 14.9. The molecule has 1 aliphatic carbocycles. The van der Waals surface area contributed by atoms with E-state index in [4.69, 9.17) is 0 Å². The number of hydrazone groups is 1. The summed E-state index contributed by atoms with van der Waals surface area (Å²) in [4.78, 5) is 12.5. The minimum Gasteiger partial charge on any atom is -0.299 e. The molecule has 1 N–H and O–H groups in total. The highest BCUT2D eigenvalue weighted by molar-refractivity contribution is 9.10. The van der Waals surface area contributed by atoms with Crippen LogP contribution in [0.1, 0.15) is 56.2 Å². The number of benzene rings is 2. The number of hydrogen-bond acceptors (Lipinski definition) is 5. The molecule has 1 heterocycles. The van der Waals surface area contributed by atoms with E-state index in [9.17, 15) is 4.79 Å². The number of carbonyl (C=O) groups excluding carboxylic acids is 1. The van der Waals surface area contributed by atoms with Gasteiger partial charge in [-0.15, -0.1) is 10.2 Å². The SMILES string of the molecule is C/C(=N\NC(=O)CSc1nnc(-c2ccc(C)cc2)n1C1CCCCC1)c1ccc(Br)cc1. The van der Waals surface area contributed by atoms with Gasteiger partial charge in [-0.25, -0.2) is 5.43 Å². The Kier molecular flexibility index (Phi) is 7.98. The third kappa shape index (κ3) is 6.12. The maximum absolute atomic E-state index is 12.5. The van der Waals surface area contributed by atoms with E-state index >= 15 is 0 Å². The molecule has 1 saturated carbocycles. The molecule has 4 rings (SSSR count). The van der Waals surface area contributed by atoms with Gasteiger partial charge in [0.1, 0.15) is 0 Å². The van der Waals surface area contributed by atoms with E-state index in [1.807, 2.05) is 31.2 Å². The summed E-state index contributed by atoms with van der Waals surface area (Å²) in [5.41, 5.74) is 6.67. The maximum Gasteiger partial charge on any atom is 0.250 e. The number of amides is 1. The number of nitrogens with one attached hydrogen (secondary N) is 1. The molecule has 1 fully saturated rings. The van der Waals surface area contributed by atoms with Gasteiger partial charge in [0.15, 0.2) is 11.0 Å². The molecule has 0 aliphatic heterocycles. The van der Waals surface area contributed by atoms with Crippen molar-refractivity contribution >= 4 is 39.3 Å². The van der Waals surface area contributed by atoms with E-state index in [2.05, 4.69) is 72.4 Å². The summed E-state index contributed by atoms with van der Waals surface area (Å²) < 4.78 is 3.25. The first-order valence-electron chi connectivity index (χ1n) is 11.2. The first-order chi connectivity index (χ1) is 16.0. The van der Waals surface area contributed by atoms with E-state index < -0.39 is 0 Å². The predicted octanol–water partition coefficient (Wildman–Crippen LogP) is 6.15. The van der Waals surface area contributed by atoms with E-state index in [1.165, 1.54) is 36.6 Å². The number of rotatable bonds is 7. The Balaban J connectivity index is 1.47. The molecule has 0 spiro atoms. The van der Waals surface area contributed by atoms with Gasteiger partial charge in [0.25, 0.3) is 5.91 Å². The van der Waals surface area contributed by atoms with Crippen LogP contribution in [-0.4, -0.2) is 32.1 Å². The summed E-state index contributed by atoms with van der Waals surface area (Å²) in [5.74, 6) is 0.955. The molecule has 6 nitrogen and oxygen atoms in total. The number of thioether (sulfide) groups is 1. The lowest BCUT2D eigenvalue weighted by Gasteiger charge is -2.25. The number of halogens is 1. The first-order valence-corrected chi connectivity index (χ1v) is 13.0. The van der Waals surface area contributed by atoms with Crippen molar-refractivity contribution in [2.45, 2.75) is 57.1 Å². The van der Waals surface area contributed by atoms with Crippen LogP contribution in [0.25, 0.3) is 11.4 Å². The average molecular weight is 527 g/mol. The molecule has 2 aromatic carbocycles. The van der Waals surface area contributed by atoms with Crippen LogP contribution in [0.5, 0.6) is 0 Å². The molecular formula is C25H28BrN5OS. The van der Waals surface area contributed by atoms with Crippen LogP contribution in [0, 0.1) is 6.92 Å². The van der Waals surface area contributed by atoms with Crippen LogP contribution >= 0.6 is 27.7 Å². The zero-order chi connectivity index (χ0) is 23.2. The molecule has 0 saturated heterocycles. The second kappa shape index (κ2) is 11.1. The smallest absolute Gasteiger partial charge is 0.250 e. The molecule has 8 heteroatoms. The van der Waals surface area contributed by atoms with Crippen molar-refractivity contribution < 1.29 is 4.79 Å². The van der Waals surface area contributed by atoms with Gasteiger partial charge in [0.05, 0.1) is 11.5 Å². The lowest BCUT2D eigenvalue weighted by Crippen LogP contribution is -2.22. The molecule has 0 atom stereocenters. The lowest BCUT2D eigenvalue weighted by molar-refractivity contribution is -0.118. The number of nitrogens with zero attached hydrogens (tertiary/aromatic N) is 4. The van der Waals surface area contributed by atoms with E-state index in [1.54, 1.807) is 0 Å². The van der Waals surface area contributed by atoms with Crippen LogP contribution in [0.15, 0.2) is 63.3 Å². The molecule has 0 radical (unpaired) electrons. The van der Waals surface area contributed by atoms with Crippen LogP contribution < -0.4 is 5.43 Å². The standard InChI is InChI=1S/C25H28BrN5OS/c1-17-8-10-20(11-9-17)24-29-30-25(31(24)22-6-4-3-5-7-22)33-16-23(32)28-27-18(2)19-12-14-21(26)15-13-19/h8-15,22H,3-7,16H2,1-2H3,(H,28,32)/b27-18+. The molecule has 0 bridgehead atoms. The fourth-order valence-electron chi connectivity index (χ4n) is 4.01. The van der Waals surface area contributed by atoms with Gasteiger partial charge >= 0.3 is 0 Å². The summed E-state index contributed by atoms with van der Waals surface area (Å²) >= 11 is 4.85. The Bertz CT molecular complexity index is 1120. The van der Waals surface area contributed by atoms with E-state index in [-0.39, 0.29) is 11.7 Å². The first kappa shape index (κ1) is 23.7. The van der Waals surface area contributed by atoms with Crippen molar-refractivity contribution in [3.05, 3.63) is 64.1 Å².